The van der Waals surface area contributed by atoms with Crippen LogP contribution in [0.4, 0.5) is 0 Å². The second kappa shape index (κ2) is 9.84. The summed E-state index contributed by atoms with van der Waals surface area (Å²) in [6.45, 7) is 4.32. The molecule has 7 nitrogen and oxygen atoms in total. The summed E-state index contributed by atoms with van der Waals surface area (Å²) >= 11 is 1.53. The molecule has 5 aromatic rings. The van der Waals surface area contributed by atoms with Crippen molar-refractivity contribution >= 4 is 22.7 Å². The van der Waals surface area contributed by atoms with Gasteiger partial charge in [0, 0.05) is 25.0 Å². The van der Waals surface area contributed by atoms with Crippen LogP contribution in [0.25, 0.3) is 28.0 Å². The zero-order chi connectivity index (χ0) is 24.4. The van der Waals surface area contributed by atoms with Crippen LogP contribution in [0.2, 0.25) is 0 Å². The molecule has 0 N–H and O–H groups in total. The molecule has 0 aliphatic heterocycles. The molecule has 0 atom stereocenters. The molecular weight excluding hydrogens is 456 g/mol. The lowest BCUT2D eigenvalue weighted by atomic mass is 10.0. The first-order valence-electron chi connectivity index (χ1n) is 11.7. The van der Waals surface area contributed by atoms with Gasteiger partial charge in [-0.1, -0.05) is 55.9 Å². The van der Waals surface area contributed by atoms with E-state index in [1.807, 2.05) is 42.6 Å². The number of pyridine rings is 1. The molecule has 0 bridgehead atoms. The van der Waals surface area contributed by atoms with Gasteiger partial charge in [0.1, 0.15) is 5.82 Å². The maximum atomic E-state index is 12.9. The summed E-state index contributed by atoms with van der Waals surface area (Å²) in [5, 5.41) is 10.5. The van der Waals surface area contributed by atoms with E-state index in [1.165, 1.54) is 22.9 Å². The molecule has 0 aliphatic carbocycles. The van der Waals surface area contributed by atoms with Gasteiger partial charge in [0.2, 0.25) is 0 Å². The Kier molecular flexibility index (Phi) is 6.46. The maximum absolute atomic E-state index is 12.9. The molecule has 0 unspecified atom stereocenters. The van der Waals surface area contributed by atoms with Crippen LogP contribution in [0.15, 0.2) is 76.9 Å². The fourth-order valence-electron chi connectivity index (χ4n) is 4.27. The number of rotatable bonds is 7. The van der Waals surface area contributed by atoms with Gasteiger partial charge in [-0.05, 0) is 48.2 Å². The number of nitrogens with zero attached hydrogens (tertiary/aromatic N) is 6. The van der Waals surface area contributed by atoms with Crippen LogP contribution in [0.5, 0.6) is 0 Å². The van der Waals surface area contributed by atoms with Gasteiger partial charge < -0.3 is 0 Å². The first kappa shape index (κ1) is 23.0. The van der Waals surface area contributed by atoms with Gasteiger partial charge in [0.15, 0.2) is 11.0 Å². The number of benzene rings is 2. The Hall–Kier alpha value is -3.78. The fourth-order valence-corrected chi connectivity index (χ4v) is 5.19. The highest BCUT2D eigenvalue weighted by Crippen LogP contribution is 2.33. The van der Waals surface area contributed by atoms with Crippen molar-refractivity contribution in [3.05, 3.63) is 94.3 Å². The van der Waals surface area contributed by atoms with E-state index < -0.39 is 0 Å². The second-order valence-corrected chi connectivity index (χ2v) is 9.16. The molecule has 0 saturated carbocycles. The standard InChI is InChI=1S/C27H26N6OS/c1-4-18-10-8-11-19(5-2)24(18)33-25(20-12-9-15-28-16-20)30-31-27(33)35-17-23-29-22-14-7-6-13-21(22)26(34)32(23)3/h6-16H,4-5,17H2,1-3H3. The minimum absolute atomic E-state index is 0.0479. The average Bonchev–Trinajstić information content (AvgIpc) is 3.33. The third kappa shape index (κ3) is 4.25. The molecule has 0 fully saturated rings. The van der Waals surface area contributed by atoms with Gasteiger partial charge in [-0.2, -0.15) is 0 Å². The largest absolute Gasteiger partial charge is 0.299 e. The average molecular weight is 483 g/mol. The zero-order valence-electron chi connectivity index (χ0n) is 20.0. The van der Waals surface area contributed by atoms with E-state index in [0.717, 1.165) is 35.1 Å². The predicted molar refractivity (Wildman–Crippen MR) is 140 cm³/mol. The molecule has 0 spiro atoms. The van der Waals surface area contributed by atoms with Crippen molar-refractivity contribution < 1.29 is 0 Å². The summed E-state index contributed by atoms with van der Waals surface area (Å²) in [6, 6.07) is 17.8. The van der Waals surface area contributed by atoms with Crippen LogP contribution < -0.4 is 5.56 Å². The van der Waals surface area contributed by atoms with E-state index in [0.29, 0.717) is 22.5 Å². The smallest absolute Gasteiger partial charge is 0.261 e. The summed E-state index contributed by atoms with van der Waals surface area (Å²) in [5.41, 5.74) is 5.13. The maximum Gasteiger partial charge on any atom is 0.261 e. The Morgan fingerprint density at radius 1 is 0.914 bits per heavy atom. The lowest BCUT2D eigenvalue weighted by molar-refractivity contribution is 0.782. The molecule has 0 amide bonds. The number of hydrogen-bond donors (Lipinski definition) is 0. The molecule has 0 radical (unpaired) electrons. The van der Waals surface area contributed by atoms with E-state index in [1.54, 1.807) is 17.8 Å². The van der Waals surface area contributed by atoms with E-state index in [4.69, 9.17) is 4.98 Å². The number of fused-ring (bicyclic) bond motifs is 1. The Labute approximate surface area is 207 Å². The molecule has 0 saturated heterocycles. The highest BCUT2D eigenvalue weighted by atomic mass is 32.2. The Balaban J connectivity index is 1.63. The molecule has 5 rings (SSSR count). The number of para-hydroxylation sites is 2. The monoisotopic (exact) mass is 482 g/mol. The molecular formula is C27H26N6OS. The van der Waals surface area contributed by atoms with Gasteiger partial charge in [-0.3, -0.25) is 18.9 Å². The Bertz CT molecular complexity index is 1540. The van der Waals surface area contributed by atoms with E-state index in [-0.39, 0.29) is 5.56 Å². The summed E-state index contributed by atoms with van der Waals surface area (Å²) < 4.78 is 3.76. The molecule has 35 heavy (non-hydrogen) atoms. The van der Waals surface area contributed by atoms with Crippen LogP contribution in [-0.4, -0.2) is 29.3 Å². The molecule has 0 aliphatic rings. The quantitative estimate of drug-likeness (QED) is 0.304. The second-order valence-electron chi connectivity index (χ2n) is 8.21. The van der Waals surface area contributed by atoms with E-state index >= 15 is 0 Å². The van der Waals surface area contributed by atoms with Crippen molar-refractivity contribution in [3.63, 3.8) is 0 Å². The van der Waals surface area contributed by atoms with Gasteiger partial charge in [0.05, 0.1) is 22.3 Å². The van der Waals surface area contributed by atoms with E-state index in [2.05, 4.69) is 51.8 Å². The van der Waals surface area contributed by atoms with Crippen molar-refractivity contribution in [2.75, 3.05) is 0 Å². The number of aromatic nitrogens is 6. The molecule has 3 heterocycles. The summed E-state index contributed by atoms with van der Waals surface area (Å²) in [4.78, 5) is 21.9. The molecule has 3 aromatic heterocycles. The van der Waals surface area contributed by atoms with E-state index in [9.17, 15) is 4.79 Å². The van der Waals surface area contributed by atoms with Gasteiger partial charge >= 0.3 is 0 Å². The van der Waals surface area contributed by atoms with Crippen LogP contribution >= 0.6 is 11.8 Å². The minimum Gasteiger partial charge on any atom is -0.299 e. The summed E-state index contributed by atoms with van der Waals surface area (Å²) in [5.74, 6) is 1.92. The van der Waals surface area contributed by atoms with Crippen LogP contribution in [0.3, 0.4) is 0 Å². The summed E-state index contributed by atoms with van der Waals surface area (Å²) in [7, 11) is 1.77. The van der Waals surface area contributed by atoms with Crippen molar-refractivity contribution in [1.29, 1.82) is 0 Å². The topological polar surface area (TPSA) is 78.5 Å². The SMILES string of the molecule is CCc1cccc(CC)c1-n1c(SCc2nc3ccccc3c(=O)n2C)nnc1-c1cccnc1. The van der Waals surface area contributed by atoms with Crippen molar-refractivity contribution in [2.24, 2.45) is 7.05 Å². The van der Waals surface area contributed by atoms with Gasteiger partial charge in [-0.25, -0.2) is 4.98 Å². The third-order valence-electron chi connectivity index (χ3n) is 6.15. The number of aryl methyl sites for hydroxylation is 2. The minimum atomic E-state index is -0.0479. The van der Waals surface area contributed by atoms with Crippen LogP contribution in [-0.2, 0) is 25.6 Å². The normalized spacial score (nSPS) is 11.3. The predicted octanol–water partition coefficient (Wildman–Crippen LogP) is 4.99. The fraction of sp³-hybridized carbons (Fsp3) is 0.222. The van der Waals surface area contributed by atoms with Crippen molar-refractivity contribution in [1.82, 2.24) is 29.3 Å². The van der Waals surface area contributed by atoms with Crippen LogP contribution in [0.1, 0.15) is 30.8 Å². The van der Waals surface area contributed by atoms with Crippen molar-refractivity contribution in [2.45, 2.75) is 37.6 Å². The number of thioether (sulfide) groups is 1. The lowest BCUT2D eigenvalue weighted by Crippen LogP contribution is -2.22. The highest BCUT2D eigenvalue weighted by molar-refractivity contribution is 7.98. The number of hydrogen-bond acceptors (Lipinski definition) is 6. The van der Waals surface area contributed by atoms with Gasteiger partial charge in [0.25, 0.3) is 5.56 Å². The first-order valence-corrected chi connectivity index (χ1v) is 12.6. The molecule has 8 heteroatoms. The van der Waals surface area contributed by atoms with Gasteiger partial charge in [-0.15, -0.1) is 10.2 Å². The molecule has 176 valence electrons. The summed E-state index contributed by atoms with van der Waals surface area (Å²) in [6.07, 6.45) is 5.34. The van der Waals surface area contributed by atoms with Crippen LogP contribution in [0, 0.1) is 0 Å². The first-order chi connectivity index (χ1) is 17.1. The third-order valence-corrected chi connectivity index (χ3v) is 7.07. The Morgan fingerprint density at radius 3 is 2.40 bits per heavy atom. The zero-order valence-corrected chi connectivity index (χ0v) is 20.8. The highest BCUT2D eigenvalue weighted by Gasteiger charge is 2.21. The lowest BCUT2D eigenvalue weighted by Gasteiger charge is -2.18. The Morgan fingerprint density at radius 2 is 1.69 bits per heavy atom. The molecule has 2 aromatic carbocycles. The van der Waals surface area contributed by atoms with Crippen molar-refractivity contribution in [3.8, 4) is 17.1 Å².